The molecule has 3 aromatic rings. The van der Waals surface area contributed by atoms with Crippen LogP contribution in [-0.2, 0) is 24.3 Å². The second-order valence-corrected chi connectivity index (χ2v) is 10.0. The van der Waals surface area contributed by atoms with Crippen molar-refractivity contribution in [1.82, 2.24) is 14.8 Å². The van der Waals surface area contributed by atoms with Crippen LogP contribution in [0.2, 0.25) is 0 Å². The van der Waals surface area contributed by atoms with E-state index >= 15 is 0 Å². The number of hydrogen-bond donors (Lipinski definition) is 2. The number of piperidine rings is 1. The fourth-order valence-corrected chi connectivity index (χ4v) is 5.13. The standard InChI is InChI=1S/C27H33N3O2.C2HF3O2/c1-3-32-22-7-4-20(5-8-22)18-30-25-9-6-21(27(31)29-14-11-19(2)12-15-29)16-23(25)24-17-28-13-10-26(24)30;3-2(4,5)1(6)7/h4-9,16,19,28H,3,10-15,17-18H2,1-2H3;(H,6,7). The zero-order valence-corrected chi connectivity index (χ0v) is 22.2. The van der Waals surface area contributed by atoms with E-state index in [9.17, 15) is 18.0 Å². The number of alkyl halides is 3. The highest BCUT2D eigenvalue weighted by molar-refractivity contribution is 5.99. The SMILES string of the molecule is CCOc1ccc(Cn2c3c(c4cc(C(=O)N5CCC(C)CC5)ccc42)CNCC3)cc1.O=C(O)C(F)(F)F. The van der Waals surface area contributed by atoms with Gasteiger partial charge in [0.1, 0.15) is 5.75 Å². The summed E-state index contributed by atoms with van der Waals surface area (Å²) in [4.78, 5) is 24.1. The highest BCUT2D eigenvalue weighted by Crippen LogP contribution is 2.31. The second kappa shape index (κ2) is 12.1. The van der Waals surface area contributed by atoms with Gasteiger partial charge < -0.3 is 24.6 Å². The summed E-state index contributed by atoms with van der Waals surface area (Å²) in [6, 6.07) is 14.7. The molecule has 2 aliphatic rings. The number of aliphatic carboxylic acids is 1. The van der Waals surface area contributed by atoms with E-state index in [-0.39, 0.29) is 5.91 Å². The molecule has 0 aliphatic carbocycles. The molecule has 0 unspecified atom stereocenters. The highest BCUT2D eigenvalue weighted by Gasteiger charge is 2.38. The maximum absolute atomic E-state index is 13.2. The van der Waals surface area contributed by atoms with Crippen molar-refractivity contribution in [3.8, 4) is 5.75 Å². The third-order valence-electron chi connectivity index (χ3n) is 7.26. The van der Waals surface area contributed by atoms with Crippen LogP contribution in [0.25, 0.3) is 10.9 Å². The minimum Gasteiger partial charge on any atom is -0.494 e. The summed E-state index contributed by atoms with van der Waals surface area (Å²) in [6.07, 6.45) is -1.87. The van der Waals surface area contributed by atoms with Crippen molar-refractivity contribution in [1.29, 1.82) is 0 Å². The lowest BCUT2D eigenvalue weighted by molar-refractivity contribution is -0.192. The van der Waals surface area contributed by atoms with E-state index in [2.05, 4.69) is 53.2 Å². The van der Waals surface area contributed by atoms with Crippen LogP contribution < -0.4 is 10.1 Å². The van der Waals surface area contributed by atoms with Crippen LogP contribution in [0.4, 0.5) is 13.2 Å². The molecule has 210 valence electrons. The molecule has 2 aliphatic heterocycles. The van der Waals surface area contributed by atoms with Crippen molar-refractivity contribution in [2.45, 2.75) is 52.4 Å². The number of carboxylic acid groups (broad SMARTS) is 1. The maximum Gasteiger partial charge on any atom is 0.490 e. The van der Waals surface area contributed by atoms with Crippen LogP contribution >= 0.6 is 0 Å². The molecule has 0 saturated carbocycles. The lowest BCUT2D eigenvalue weighted by Crippen LogP contribution is -2.37. The van der Waals surface area contributed by atoms with Gasteiger partial charge in [0.25, 0.3) is 5.91 Å². The Morgan fingerprint density at radius 3 is 2.38 bits per heavy atom. The number of carboxylic acids is 1. The number of carbonyl (C=O) groups excluding carboxylic acids is 1. The zero-order valence-electron chi connectivity index (χ0n) is 22.2. The fraction of sp³-hybridized carbons (Fsp3) is 0.448. The molecule has 1 fully saturated rings. The molecule has 0 spiro atoms. The normalized spacial score (nSPS) is 15.9. The number of rotatable bonds is 5. The summed E-state index contributed by atoms with van der Waals surface area (Å²) >= 11 is 0. The largest absolute Gasteiger partial charge is 0.494 e. The number of hydrogen-bond acceptors (Lipinski definition) is 4. The monoisotopic (exact) mass is 545 g/mol. The van der Waals surface area contributed by atoms with Gasteiger partial charge in [-0.15, -0.1) is 0 Å². The molecule has 5 rings (SSSR count). The Balaban J connectivity index is 0.000000448. The number of likely N-dealkylation sites (tertiary alicyclic amines) is 1. The fourth-order valence-electron chi connectivity index (χ4n) is 5.13. The molecule has 0 atom stereocenters. The van der Waals surface area contributed by atoms with Crippen molar-refractivity contribution in [2.75, 3.05) is 26.2 Å². The molecule has 2 N–H and O–H groups in total. The van der Waals surface area contributed by atoms with Crippen molar-refractivity contribution >= 4 is 22.8 Å². The van der Waals surface area contributed by atoms with Gasteiger partial charge >= 0.3 is 12.1 Å². The lowest BCUT2D eigenvalue weighted by atomic mass is 9.98. The number of fused-ring (bicyclic) bond motifs is 3. The summed E-state index contributed by atoms with van der Waals surface area (Å²) in [5, 5.41) is 11.9. The van der Waals surface area contributed by atoms with Crippen molar-refractivity contribution < 1.29 is 32.6 Å². The van der Waals surface area contributed by atoms with Crippen LogP contribution in [0.15, 0.2) is 42.5 Å². The minimum absolute atomic E-state index is 0.176. The summed E-state index contributed by atoms with van der Waals surface area (Å²) < 4.78 is 39.8. The van der Waals surface area contributed by atoms with Gasteiger partial charge in [0, 0.05) is 61.3 Å². The van der Waals surface area contributed by atoms with Gasteiger partial charge in [0.05, 0.1) is 6.61 Å². The first-order valence-electron chi connectivity index (χ1n) is 13.2. The first-order valence-corrected chi connectivity index (χ1v) is 13.2. The van der Waals surface area contributed by atoms with Crippen LogP contribution in [0.5, 0.6) is 5.75 Å². The summed E-state index contributed by atoms with van der Waals surface area (Å²) in [6.45, 7) is 9.39. The van der Waals surface area contributed by atoms with Crippen molar-refractivity contribution in [2.24, 2.45) is 5.92 Å². The maximum atomic E-state index is 13.2. The van der Waals surface area contributed by atoms with Gasteiger partial charge in [0.2, 0.25) is 0 Å². The average molecular weight is 546 g/mol. The van der Waals surface area contributed by atoms with E-state index in [4.69, 9.17) is 14.6 Å². The van der Waals surface area contributed by atoms with Crippen LogP contribution in [0, 0.1) is 5.92 Å². The molecule has 10 heteroatoms. The Morgan fingerprint density at radius 1 is 1.10 bits per heavy atom. The summed E-state index contributed by atoms with van der Waals surface area (Å²) in [7, 11) is 0. The Bertz CT molecular complexity index is 1310. The number of nitrogens with one attached hydrogen (secondary N) is 1. The van der Waals surface area contributed by atoms with Crippen LogP contribution in [0.3, 0.4) is 0 Å². The topological polar surface area (TPSA) is 83.8 Å². The van der Waals surface area contributed by atoms with E-state index < -0.39 is 12.1 Å². The molecule has 1 saturated heterocycles. The van der Waals surface area contributed by atoms with Crippen LogP contribution in [-0.4, -0.2) is 58.9 Å². The van der Waals surface area contributed by atoms with Gasteiger partial charge in [-0.3, -0.25) is 4.79 Å². The van der Waals surface area contributed by atoms with Gasteiger partial charge in [-0.25, -0.2) is 4.79 Å². The number of aromatic nitrogens is 1. The van der Waals surface area contributed by atoms with Crippen molar-refractivity contribution in [3.05, 3.63) is 64.8 Å². The van der Waals surface area contributed by atoms with Gasteiger partial charge in [-0.2, -0.15) is 13.2 Å². The molecule has 0 radical (unpaired) electrons. The lowest BCUT2D eigenvalue weighted by Gasteiger charge is -2.30. The predicted molar refractivity (Wildman–Crippen MR) is 142 cm³/mol. The number of nitrogens with zero attached hydrogens (tertiary/aromatic N) is 2. The average Bonchev–Trinajstić information content (AvgIpc) is 3.22. The number of carbonyl (C=O) groups is 2. The quantitative estimate of drug-likeness (QED) is 0.458. The van der Waals surface area contributed by atoms with Gasteiger partial charge in [0.15, 0.2) is 0 Å². The van der Waals surface area contributed by atoms with E-state index in [0.717, 1.165) is 69.2 Å². The third-order valence-corrected chi connectivity index (χ3v) is 7.26. The number of ether oxygens (including phenoxy) is 1. The number of halogens is 3. The molecule has 3 heterocycles. The Hall–Kier alpha value is -3.53. The molecule has 2 aromatic carbocycles. The van der Waals surface area contributed by atoms with Crippen LogP contribution in [0.1, 0.15) is 53.9 Å². The van der Waals surface area contributed by atoms with E-state index in [1.54, 1.807) is 0 Å². The van der Waals surface area contributed by atoms with Gasteiger partial charge in [-0.1, -0.05) is 19.1 Å². The molecule has 7 nitrogen and oxygen atoms in total. The molecule has 1 amide bonds. The first kappa shape index (κ1) is 28.5. The third kappa shape index (κ3) is 6.73. The van der Waals surface area contributed by atoms with Crippen molar-refractivity contribution in [3.63, 3.8) is 0 Å². The zero-order chi connectivity index (χ0) is 28.2. The number of benzene rings is 2. The summed E-state index contributed by atoms with van der Waals surface area (Å²) in [5.74, 6) is -0.950. The molecule has 39 heavy (non-hydrogen) atoms. The molecule has 0 bridgehead atoms. The number of amides is 1. The Morgan fingerprint density at radius 2 is 1.77 bits per heavy atom. The van der Waals surface area contributed by atoms with E-state index in [0.29, 0.717) is 6.61 Å². The van der Waals surface area contributed by atoms with E-state index in [1.165, 1.54) is 27.7 Å². The van der Waals surface area contributed by atoms with Gasteiger partial charge in [-0.05, 0) is 67.1 Å². The Kier molecular flexibility index (Phi) is 8.84. The smallest absolute Gasteiger partial charge is 0.490 e. The molecular weight excluding hydrogens is 511 g/mol. The second-order valence-electron chi connectivity index (χ2n) is 10.0. The predicted octanol–water partition coefficient (Wildman–Crippen LogP) is 5.24. The van der Waals surface area contributed by atoms with E-state index in [1.807, 2.05) is 17.9 Å². The Labute approximate surface area is 225 Å². The summed E-state index contributed by atoms with van der Waals surface area (Å²) in [5.41, 5.74) is 6.03. The first-order chi connectivity index (χ1) is 18.6. The molecule has 1 aromatic heterocycles. The molecular formula is C29H34F3N3O4. The highest BCUT2D eigenvalue weighted by atomic mass is 19.4. The minimum atomic E-state index is -5.08.